The molecule has 0 bridgehead atoms. The summed E-state index contributed by atoms with van der Waals surface area (Å²) in [6, 6.07) is 57.6. The number of rotatable bonds is 7. The van der Waals surface area contributed by atoms with Gasteiger partial charge in [-0.15, -0.1) is 0 Å². The highest BCUT2D eigenvalue weighted by Gasteiger charge is 2.46. The Labute approximate surface area is 399 Å². The van der Waals surface area contributed by atoms with Crippen molar-refractivity contribution < 1.29 is 4.42 Å². The Morgan fingerprint density at radius 3 is 1.58 bits per heavy atom. The summed E-state index contributed by atoms with van der Waals surface area (Å²) in [4.78, 5) is 5.12. The van der Waals surface area contributed by atoms with Gasteiger partial charge in [0, 0.05) is 49.3 Å². The molecule has 0 saturated heterocycles. The number of anilines is 6. The summed E-state index contributed by atoms with van der Waals surface area (Å²) in [5.74, 6) is 0. The predicted molar refractivity (Wildman–Crippen MR) is 285 cm³/mol. The molecule has 6 heteroatoms. The molecular formula is C60H53BCl2N2O. The van der Waals surface area contributed by atoms with Crippen LogP contribution in [0.3, 0.4) is 0 Å². The highest BCUT2D eigenvalue weighted by atomic mass is 35.5. The van der Waals surface area contributed by atoms with E-state index in [0.29, 0.717) is 10.0 Å². The van der Waals surface area contributed by atoms with E-state index in [9.17, 15) is 0 Å². The number of fused-ring (bicyclic) bond motifs is 7. The number of furan rings is 1. The molecule has 3 nitrogen and oxygen atoms in total. The van der Waals surface area contributed by atoms with Crippen LogP contribution in [0, 0.1) is 0 Å². The molecule has 0 saturated carbocycles. The van der Waals surface area contributed by atoms with E-state index in [-0.39, 0.29) is 17.5 Å². The van der Waals surface area contributed by atoms with Crippen molar-refractivity contribution in [2.75, 3.05) is 9.80 Å². The zero-order valence-corrected chi connectivity index (χ0v) is 40.3. The standard InChI is InChI=1S/C60H53BCl2N2O/c1-8-9-18-39-25-30-54-55(44-23-16-17-24-53(44)66-54)57(39)64-49-35-42(62)26-28-47(49)61-48-29-27-43(63)36-50(48)65(52-34-41(60(5,6)7)33-51(64)56(52)61)58-45(37-19-12-10-13-20-37)31-40(59(2,3)4)32-46(58)38-21-14-11-15-22-38/h10-17,19-36H,8-9,18H2,1-7H3. The van der Waals surface area contributed by atoms with Crippen molar-refractivity contribution in [3.8, 4) is 22.3 Å². The molecule has 0 amide bonds. The fourth-order valence-electron chi connectivity index (χ4n) is 10.5. The quantitative estimate of drug-likeness (QED) is 0.149. The number of para-hydroxylation sites is 1. The summed E-state index contributed by atoms with van der Waals surface area (Å²) in [5, 5.41) is 3.61. The first-order valence-corrected chi connectivity index (χ1v) is 24.2. The van der Waals surface area contributed by atoms with E-state index in [0.717, 1.165) is 97.6 Å². The maximum Gasteiger partial charge on any atom is 0.252 e. The smallest absolute Gasteiger partial charge is 0.252 e. The van der Waals surface area contributed by atoms with Crippen molar-refractivity contribution in [1.82, 2.24) is 0 Å². The van der Waals surface area contributed by atoms with Gasteiger partial charge in [0.25, 0.3) is 6.71 Å². The van der Waals surface area contributed by atoms with E-state index in [2.05, 4.69) is 216 Å². The molecule has 0 N–H and O–H groups in total. The molecule has 2 aliphatic heterocycles. The third-order valence-electron chi connectivity index (χ3n) is 13.9. The maximum atomic E-state index is 7.21. The molecule has 1 aromatic heterocycles. The van der Waals surface area contributed by atoms with Crippen LogP contribution >= 0.6 is 23.2 Å². The van der Waals surface area contributed by atoms with E-state index in [1.807, 2.05) is 0 Å². The van der Waals surface area contributed by atoms with Crippen LogP contribution in [0.4, 0.5) is 34.1 Å². The first-order chi connectivity index (χ1) is 31.8. The molecule has 11 rings (SSSR count). The van der Waals surface area contributed by atoms with E-state index in [1.165, 1.54) is 33.1 Å². The van der Waals surface area contributed by atoms with Gasteiger partial charge in [0.05, 0.1) is 16.8 Å². The molecule has 0 unspecified atom stereocenters. The number of benzene rings is 8. The molecule has 66 heavy (non-hydrogen) atoms. The third kappa shape index (κ3) is 6.95. The molecule has 0 aliphatic carbocycles. The molecule has 0 spiro atoms. The minimum absolute atomic E-state index is 0.121. The van der Waals surface area contributed by atoms with Crippen LogP contribution in [0.25, 0.3) is 44.2 Å². The molecular weight excluding hydrogens is 846 g/mol. The summed E-state index contributed by atoms with van der Waals surface area (Å²) in [7, 11) is 0. The van der Waals surface area contributed by atoms with E-state index < -0.39 is 0 Å². The van der Waals surface area contributed by atoms with Crippen LogP contribution in [0.5, 0.6) is 0 Å². The average molecular weight is 900 g/mol. The van der Waals surface area contributed by atoms with Crippen molar-refractivity contribution in [2.24, 2.45) is 0 Å². The molecule has 8 aromatic carbocycles. The monoisotopic (exact) mass is 898 g/mol. The number of halogens is 2. The van der Waals surface area contributed by atoms with Gasteiger partial charge in [-0.3, -0.25) is 0 Å². The van der Waals surface area contributed by atoms with Crippen molar-refractivity contribution >= 4 is 102 Å². The van der Waals surface area contributed by atoms with E-state index in [1.54, 1.807) is 0 Å². The average Bonchev–Trinajstić information content (AvgIpc) is 3.69. The first-order valence-electron chi connectivity index (χ1n) is 23.4. The molecule has 0 radical (unpaired) electrons. The van der Waals surface area contributed by atoms with Gasteiger partial charge in [-0.1, -0.05) is 175 Å². The van der Waals surface area contributed by atoms with Gasteiger partial charge >= 0.3 is 0 Å². The summed E-state index contributed by atoms with van der Waals surface area (Å²) >= 11 is 14.4. The second-order valence-electron chi connectivity index (χ2n) is 20.2. The predicted octanol–water partition coefficient (Wildman–Crippen LogP) is 16.2. The fourth-order valence-corrected chi connectivity index (χ4v) is 10.8. The molecule has 3 heterocycles. The third-order valence-corrected chi connectivity index (χ3v) is 14.3. The van der Waals surface area contributed by atoms with Gasteiger partial charge in [-0.05, 0) is 129 Å². The topological polar surface area (TPSA) is 19.6 Å². The molecule has 0 fully saturated rings. The maximum absolute atomic E-state index is 7.21. The number of nitrogens with zero attached hydrogens (tertiary/aromatic N) is 2. The Morgan fingerprint density at radius 1 is 0.515 bits per heavy atom. The normalized spacial score (nSPS) is 13.3. The lowest BCUT2D eigenvalue weighted by Crippen LogP contribution is -2.61. The van der Waals surface area contributed by atoms with Crippen LogP contribution in [0.2, 0.25) is 10.0 Å². The Hall–Kier alpha value is -6.20. The van der Waals surface area contributed by atoms with Gasteiger partial charge < -0.3 is 14.2 Å². The van der Waals surface area contributed by atoms with Gasteiger partial charge in [0.15, 0.2) is 0 Å². The van der Waals surface area contributed by atoms with Gasteiger partial charge in [-0.25, -0.2) is 0 Å². The first kappa shape index (κ1) is 42.4. The van der Waals surface area contributed by atoms with Gasteiger partial charge in [0.2, 0.25) is 0 Å². The van der Waals surface area contributed by atoms with Crippen LogP contribution in [0.1, 0.15) is 78.0 Å². The van der Waals surface area contributed by atoms with Gasteiger partial charge in [0.1, 0.15) is 11.2 Å². The lowest BCUT2D eigenvalue weighted by atomic mass is 9.33. The van der Waals surface area contributed by atoms with Gasteiger partial charge in [-0.2, -0.15) is 0 Å². The Bertz CT molecular complexity index is 3300. The Kier molecular flexibility index (Phi) is 10.3. The van der Waals surface area contributed by atoms with Crippen LogP contribution in [-0.4, -0.2) is 6.71 Å². The van der Waals surface area contributed by atoms with Crippen LogP contribution in [0.15, 0.2) is 162 Å². The minimum atomic E-state index is -0.221. The molecule has 9 aromatic rings. The van der Waals surface area contributed by atoms with Crippen molar-refractivity contribution in [3.63, 3.8) is 0 Å². The Morgan fingerprint density at radius 2 is 1.03 bits per heavy atom. The molecule has 326 valence electrons. The number of hydrogen-bond donors (Lipinski definition) is 0. The van der Waals surface area contributed by atoms with Crippen molar-refractivity contribution in [2.45, 2.75) is 78.6 Å². The number of aryl methyl sites for hydroxylation is 1. The highest BCUT2D eigenvalue weighted by molar-refractivity contribution is 7.00. The SMILES string of the molecule is CCCCc1ccc2oc3ccccc3c2c1N1c2cc(Cl)ccc2B2c3ccc(Cl)cc3N(c3c(-c4ccccc4)cc(C(C)(C)C)cc3-c3ccccc3)c3cc(C(C)(C)C)cc1c32. The number of hydrogen-bond acceptors (Lipinski definition) is 3. The Balaban J connectivity index is 1.33. The second-order valence-corrected chi connectivity index (χ2v) is 21.1. The lowest BCUT2D eigenvalue weighted by Gasteiger charge is -2.46. The van der Waals surface area contributed by atoms with E-state index >= 15 is 0 Å². The zero-order valence-electron chi connectivity index (χ0n) is 38.8. The van der Waals surface area contributed by atoms with Crippen LogP contribution in [-0.2, 0) is 17.3 Å². The largest absolute Gasteiger partial charge is 0.456 e. The zero-order chi connectivity index (χ0) is 45.6. The highest BCUT2D eigenvalue weighted by Crippen LogP contribution is 2.54. The molecule has 0 atom stereocenters. The summed E-state index contributed by atoms with van der Waals surface area (Å²) in [6.07, 6.45) is 3.07. The second kappa shape index (κ2) is 16.0. The van der Waals surface area contributed by atoms with Crippen LogP contribution < -0.4 is 26.2 Å². The van der Waals surface area contributed by atoms with Crippen molar-refractivity contribution in [3.05, 3.63) is 184 Å². The molecule has 2 aliphatic rings. The number of unbranched alkanes of at least 4 members (excludes halogenated alkanes) is 1. The van der Waals surface area contributed by atoms with Crippen molar-refractivity contribution in [1.29, 1.82) is 0 Å². The summed E-state index contributed by atoms with van der Waals surface area (Å²) in [5.41, 5.74) is 20.2. The summed E-state index contributed by atoms with van der Waals surface area (Å²) in [6.45, 7) is 16.1. The summed E-state index contributed by atoms with van der Waals surface area (Å²) < 4.78 is 6.70. The fraction of sp³-hybridized carbons (Fsp3) is 0.200. The minimum Gasteiger partial charge on any atom is -0.456 e. The van der Waals surface area contributed by atoms with E-state index in [4.69, 9.17) is 27.6 Å². The lowest BCUT2D eigenvalue weighted by molar-refractivity contribution is 0.590.